The molecule has 0 fully saturated rings. The number of aliphatic hydroxyl groups excluding tert-OH is 2. The van der Waals surface area contributed by atoms with Crippen LogP contribution in [0.1, 0.15) is 11.1 Å². The Kier molecular flexibility index (Phi) is 5.69. The number of benzene rings is 1. The standard InChI is InChI=1S/C15H18N2O6/c18-7-11(8-19)23-9-17-14(21)12(13(20)16-15(17)22)6-10-4-2-1-3-5-10/h1-5,11,18-19,21H,6-9H2,(H,16,20,22). The highest BCUT2D eigenvalue weighted by molar-refractivity contribution is 5.30. The van der Waals surface area contributed by atoms with E-state index in [2.05, 4.69) is 4.98 Å². The lowest BCUT2D eigenvalue weighted by Gasteiger charge is -2.15. The number of aliphatic hydroxyl groups is 2. The lowest BCUT2D eigenvalue weighted by Crippen LogP contribution is -2.34. The van der Waals surface area contributed by atoms with E-state index in [1.165, 1.54) is 0 Å². The van der Waals surface area contributed by atoms with Crippen LogP contribution >= 0.6 is 0 Å². The van der Waals surface area contributed by atoms with Gasteiger partial charge in [-0.2, -0.15) is 0 Å². The molecular formula is C15H18N2O6. The first-order valence-corrected chi connectivity index (χ1v) is 6.99. The van der Waals surface area contributed by atoms with Gasteiger partial charge in [-0.3, -0.25) is 9.78 Å². The van der Waals surface area contributed by atoms with E-state index >= 15 is 0 Å². The van der Waals surface area contributed by atoms with Crippen molar-refractivity contribution in [2.24, 2.45) is 0 Å². The van der Waals surface area contributed by atoms with Crippen LogP contribution < -0.4 is 11.2 Å². The van der Waals surface area contributed by atoms with Gasteiger partial charge in [0.05, 0.1) is 18.8 Å². The molecule has 0 saturated heterocycles. The molecule has 0 unspecified atom stereocenters. The fraction of sp³-hybridized carbons (Fsp3) is 0.333. The van der Waals surface area contributed by atoms with E-state index < -0.39 is 43.2 Å². The number of hydrogen-bond acceptors (Lipinski definition) is 6. The molecule has 0 bridgehead atoms. The molecule has 0 aliphatic rings. The van der Waals surface area contributed by atoms with Crippen molar-refractivity contribution in [1.82, 2.24) is 9.55 Å². The van der Waals surface area contributed by atoms with Gasteiger partial charge in [-0.25, -0.2) is 9.36 Å². The molecular weight excluding hydrogens is 304 g/mol. The maximum Gasteiger partial charge on any atom is 0.333 e. The summed E-state index contributed by atoms with van der Waals surface area (Å²) in [7, 11) is 0. The van der Waals surface area contributed by atoms with Gasteiger partial charge in [-0.05, 0) is 5.56 Å². The van der Waals surface area contributed by atoms with E-state index in [1.807, 2.05) is 6.07 Å². The van der Waals surface area contributed by atoms with Crippen LogP contribution in [-0.2, 0) is 17.9 Å². The second-order valence-corrected chi connectivity index (χ2v) is 4.93. The predicted octanol–water partition coefficient (Wildman–Crippen LogP) is -0.840. The first-order valence-electron chi connectivity index (χ1n) is 6.99. The van der Waals surface area contributed by atoms with E-state index in [1.54, 1.807) is 24.3 Å². The first-order chi connectivity index (χ1) is 11.1. The van der Waals surface area contributed by atoms with Gasteiger partial charge in [0.1, 0.15) is 12.8 Å². The zero-order valence-corrected chi connectivity index (χ0v) is 12.3. The highest BCUT2D eigenvalue weighted by Crippen LogP contribution is 2.15. The number of rotatable bonds is 7. The van der Waals surface area contributed by atoms with Gasteiger partial charge in [-0.15, -0.1) is 0 Å². The topological polar surface area (TPSA) is 125 Å². The van der Waals surface area contributed by atoms with Crippen LogP contribution in [0.2, 0.25) is 0 Å². The van der Waals surface area contributed by atoms with Crippen LogP contribution in [0.3, 0.4) is 0 Å². The molecule has 0 spiro atoms. The molecule has 4 N–H and O–H groups in total. The number of aromatic hydroxyl groups is 1. The number of nitrogens with one attached hydrogen (secondary N) is 1. The Morgan fingerprint density at radius 2 is 1.78 bits per heavy atom. The van der Waals surface area contributed by atoms with Crippen molar-refractivity contribution in [3.05, 3.63) is 62.3 Å². The minimum atomic E-state index is -0.884. The number of ether oxygens (including phenoxy) is 1. The molecule has 1 aromatic carbocycles. The average molecular weight is 322 g/mol. The first kappa shape index (κ1) is 16.9. The molecule has 23 heavy (non-hydrogen) atoms. The van der Waals surface area contributed by atoms with Gasteiger partial charge in [0.25, 0.3) is 5.56 Å². The Bertz CT molecular complexity index is 749. The molecule has 8 heteroatoms. The molecule has 0 saturated carbocycles. The predicted molar refractivity (Wildman–Crippen MR) is 81.3 cm³/mol. The Labute approximate surface area is 131 Å². The van der Waals surface area contributed by atoms with E-state index in [0.29, 0.717) is 0 Å². The fourth-order valence-corrected chi connectivity index (χ4v) is 2.02. The molecule has 1 aromatic heterocycles. The molecule has 8 nitrogen and oxygen atoms in total. The average Bonchev–Trinajstić information content (AvgIpc) is 2.56. The highest BCUT2D eigenvalue weighted by atomic mass is 16.5. The third kappa shape index (κ3) is 4.07. The highest BCUT2D eigenvalue weighted by Gasteiger charge is 2.16. The number of aromatic amines is 1. The third-order valence-corrected chi connectivity index (χ3v) is 3.34. The van der Waals surface area contributed by atoms with Gasteiger partial charge in [0.2, 0.25) is 5.88 Å². The monoisotopic (exact) mass is 322 g/mol. The zero-order chi connectivity index (χ0) is 16.8. The quantitative estimate of drug-likeness (QED) is 0.527. The Morgan fingerprint density at radius 1 is 1.13 bits per heavy atom. The summed E-state index contributed by atoms with van der Waals surface area (Å²) in [6, 6.07) is 9.00. The van der Waals surface area contributed by atoms with Crippen LogP contribution in [-0.4, -0.2) is 44.2 Å². The number of aromatic nitrogens is 2. The molecule has 0 aliphatic carbocycles. The van der Waals surface area contributed by atoms with Crippen molar-refractivity contribution in [1.29, 1.82) is 0 Å². The maximum atomic E-state index is 11.9. The van der Waals surface area contributed by atoms with E-state index in [-0.39, 0.29) is 12.0 Å². The summed E-state index contributed by atoms with van der Waals surface area (Å²) in [6.45, 7) is -1.28. The van der Waals surface area contributed by atoms with Crippen LogP contribution in [0.5, 0.6) is 5.88 Å². The zero-order valence-electron chi connectivity index (χ0n) is 12.3. The lowest BCUT2D eigenvalue weighted by atomic mass is 10.1. The minimum absolute atomic E-state index is 0.0314. The Morgan fingerprint density at radius 3 is 2.39 bits per heavy atom. The van der Waals surface area contributed by atoms with Crippen molar-refractivity contribution in [2.45, 2.75) is 19.3 Å². The van der Waals surface area contributed by atoms with Crippen LogP contribution in [0.15, 0.2) is 39.9 Å². The number of hydrogen-bond donors (Lipinski definition) is 4. The van der Waals surface area contributed by atoms with Crippen molar-refractivity contribution < 1.29 is 20.1 Å². The van der Waals surface area contributed by atoms with Crippen LogP contribution in [0.4, 0.5) is 0 Å². The van der Waals surface area contributed by atoms with Gasteiger partial charge in [0, 0.05) is 6.42 Å². The van der Waals surface area contributed by atoms with E-state index in [4.69, 9.17) is 14.9 Å². The molecule has 1 heterocycles. The molecule has 0 radical (unpaired) electrons. The smallest absolute Gasteiger partial charge is 0.333 e. The van der Waals surface area contributed by atoms with Gasteiger partial charge in [0.15, 0.2) is 0 Å². The number of nitrogens with zero attached hydrogens (tertiary/aromatic N) is 1. The normalized spacial score (nSPS) is 11.1. The molecule has 124 valence electrons. The lowest BCUT2D eigenvalue weighted by molar-refractivity contribution is -0.0531. The van der Waals surface area contributed by atoms with Crippen molar-refractivity contribution in [3.8, 4) is 5.88 Å². The largest absolute Gasteiger partial charge is 0.494 e. The number of H-pyrrole nitrogens is 1. The van der Waals surface area contributed by atoms with Crippen molar-refractivity contribution in [2.75, 3.05) is 13.2 Å². The summed E-state index contributed by atoms with van der Waals surface area (Å²) in [4.78, 5) is 25.8. The van der Waals surface area contributed by atoms with Crippen LogP contribution in [0.25, 0.3) is 0 Å². The fourth-order valence-electron chi connectivity index (χ4n) is 2.02. The van der Waals surface area contributed by atoms with Gasteiger partial charge >= 0.3 is 5.69 Å². The van der Waals surface area contributed by atoms with Gasteiger partial charge < -0.3 is 20.1 Å². The summed E-state index contributed by atoms with van der Waals surface area (Å²) in [5, 5.41) is 28.1. The molecule has 2 aromatic rings. The minimum Gasteiger partial charge on any atom is -0.494 e. The molecule has 0 aliphatic heterocycles. The Balaban J connectivity index is 2.31. The third-order valence-electron chi connectivity index (χ3n) is 3.34. The Hall–Kier alpha value is -2.42. The summed E-state index contributed by atoms with van der Waals surface area (Å²) < 4.78 is 5.95. The summed E-state index contributed by atoms with van der Waals surface area (Å²) >= 11 is 0. The SMILES string of the molecule is O=c1[nH]c(=O)n(COC(CO)CO)c(O)c1Cc1ccccc1. The second-order valence-electron chi connectivity index (χ2n) is 4.93. The van der Waals surface area contributed by atoms with Crippen molar-refractivity contribution >= 4 is 0 Å². The molecule has 0 atom stereocenters. The van der Waals surface area contributed by atoms with Crippen LogP contribution in [0, 0.1) is 0 Å². The van der Waals surface area contributed by atoms with E-state index in [0.717, 1.165) is 10.1 Å². The summed E-state index contributed by atoms with van der Waals surface area (Å²) in [5.74, 6) is -0.503. The second kappa shape index (κ2) is 7.73. The van der Waals surface area contributed by atoms with Gasteiger partial charge in [-0.1, -0.05) is 30.3 Å². The maximum absolute atomic E-state index is 11.9. The summed E-state index contributed by atoms with van der Waals surface area (Å²) in [6.07, 6.45) is -0.739. The van der Waals surface area contributed by atoms with E-state index in [9.17, 15) is 14.7 Å². The summed E-state index contributed by atoms with van der Waals surface area (Å²) in [5.41, 5.74) is -0.681. The molecule has 0 amide bonds. The molecule has 2 rings (SSSR count). The van der Waals surface area contributed by atoms with Crippen molar-refractivity contribution in [3.63, 3.8) is 0 Å².